The van der Waals surface area contributed by atoms with Gasteiger partial charge in [-0.05, 0) is 24.3 Å². The molecule has 0 amide bonds. The van der Waals surface area contributed by atoms with E-state index in [0.29, 0.717) is 22.4 Å². The molecule has 2 rings (SSSR count). The van der Waals surface area contributed by atoms with E-state index in [2.05, 4.69) is 5.32 Å². The molecular weight excluding hydrogens is 325 g/mol. The molecule has 0 radical (unpaired) electrons. The van der Waals surface area contributed by atoms with Crippen LogP contribution in [-0.4, -0.2) is 13.2 Å². The second-order valence-electron chi connectivity index (χ2n) is 3.81. The van der Waals surface area contributed by atoms with Gasteiger partial charge in [-0.3, -0.25) is 0 Å². The minimum absolute atomic E-state index is 0.527. The summed E-state index contributed by atoms with van der Waals surface area (Å²) in [6.45, 7) is 2.03. The highest BCUT2D eigenvalue weighted by Crippen LogP contribution is 2.27. The Bertz CT molecular complexity index is 544. The van der Waals surface area contributed by atoms with Crippen molar-refractivity contribution in [3.63, 3.8) is 0 Å². The molecule has 1 N–H and O–H groups in total. The van der Waals surface area contributed by atoms with Crippen molar-refractivity contribution in [2.45, 2.75) is 6.54 Å². The molecule has 0 spiro atoms. The van der Waals surface area contributed by atoms with Crippen LogP contribution in [0.25, 0.3) is 0 Å². The maximum absolute atomic E-state index is 5.99. The summed E-state index contributed by atoms with van der Waals surface area (Å²) < 4.78 is 6.36. The van der Waals surface area contributed by atoms with E-state index in [4.69, 9.17) is 39.5 Å². The van der Waals surface area contributed by atoms with Gasteiger partial charge < -0.3 is 10.1 Å². The zero-order valence-corrected chi connectivity index (χ0v) is 13.0. The molecule has 1 aromatic heterocycles. The smallest absolute Gasteiger partial charge is 0.139 e. The molecule has 1 heterocycles. The molecule has 0 saturated heterocycles. The molecule has 0 atom stereocenters. The van der Waals surface area contributed by atoms with Gasteiger partial charge in [0.1, 0.15) is 12.4 Å². The highest BCUT2D eigenvalue weighted by atomic mass is 35.5. The Morgan fingerprint density at radius 1 is 1.11 bits per heavy atom. The predicted octanol–water partition coefficient (Wildman–Crippen LogP) is 4.88. The second-order valence-corrected chi connectivity index (χ2v) is 6.45. The van der Waals surface area contributed by atoms with Crippen LogP contribution in [0.3, 0.4) is 0 Å². The van der Waals surface area contributed by atoms with E-state index in [-0.39, 0.29) is 0 Å². The Labute approximate surface area is 131 Å². The van der Waals surface area contributed by atoms with E-state index in [1.807, 2.05) is 12.1 Å². The Hall–Kier alpha value is -0.450. The highest BCUT2D eigenvalue weighted by molar-refractivity contribution is 7.16. The highest BCUT2D eigenvalue weighted by Gasteiger charge is 2.02. The van der Waals surface area contributed by atoms with Gasteiger partial charge in [0.15, 0.2) is 0 Å². The molecule has 2 nitrogen and oxygen atoms in total. The zero-order chi connectivity index (χ0) is 13.7. The standard InChI is InChI=1S/C13H12Cl3NOS/c14-9-1-3-11(15)12(7-9)18-6-5-17-8-10-2-4-13(16)19-10/h1-4,7,17H,5-6,8H2. The van der Waals surface area contributed by atoms with Gasteiger partial charge in [-0.1, -0.05) is 34.8 Å². The molecule has 0 unspecified atom stereocenters. The van der Waals surface area contributed by atoms with Gasteiger partial charge in [0.2, 0.25) is 0 Å². The first kappa shape index (κ1) is 14.9. The Morgan fingerprint density at radius 2 is 1.95 bits per heavy atom. The van der Waals surface area contributed by atoms with Crippen molar-refractivity contribution in [3.05, 3.63) is 49.6 Å². The lowest BCUT2D eigenvalue weighted by molar-refractivity contribution is 0.314. The van der Waals surface area contributed by atoms with Gasteiger partial charge in [0.25, 0.3) is 0 Å². The van der Waals surface area contributed by atoms with Crippen LogP contribution in [0.15, 0.2) is 30.3 Å². The molecule has 19 heavy (non-hydrogen) atoms. The monoisotopic (exact) mass is 335 g/mol. The van der Waals surface area contributed by atoms with E-state index in [1.165, 1.54) is 4.88 Å². The van der Waals surface area contributed by atoms with E-state index >= 15 is 0 Å². The first-order valence-corrected chi connectivity index (χ1v) is 7.63. The van der Waals surface area contributed by atoms with Crippen molar-refractivity contribution in [2.24, 2.45) is 0 Å². The summed E-state index contributed by atoms with van der Waals surface area (Å²) in [5.41, 5.74) is 0. The van der Waals surface area contributed by atoms with Crippen molar-refractivity contribution >= 4 is 46.1 Å². The molecule has 0 bridgehead atoms. The van der Waals surface area contributed by atoms with E-state index < -0.39 is 0 Å². The number of hydrogen-bond donors (Lipinski definition) is 1. The molecule has 0 aliphatic rings. The SMILES string of the molecule is Clc1ccc(Cl)c(OCCNCc2ccc(Cl)s2)c1. The number of nitrogens with one attached hydrogen (secondary N) is 1. The minimum atomic E-state index is 0.527. The molecule has 2 aromatic rings. The van der Waals surface area contributed by atoms with Gasteiger partial charge >= 0.3 is 0 Å². The summed E-state index contributed by atoms with van der Waals surface area (Å²) in [6.07, 6.45) is 0. The fourth-order valence-electron chi connectivity index (χ4n) is 1.48. The number of ether oxygens (including phenoxy) is 1. The lowest BCUT2D eigenvalue weighted by Gasteiger charge is -2.08. The summed E-state index contributed by atoms with van der Waals surface area (Å²) in [6, 6.07) is 9.07. The number of thiophene rings is 1. The lowest BCUT2D eigenvalue weighted by Crippen LogP contribution is -2.20. The third-order valence-electron chi connectivity index (χ3n) is 2.36. The van der Waals surface area contributed by atoms with Crippen molar-refractivity contribution in [1.29, 1.82) is 0 Å². The molecule has 0 saturated carbocycles. The zero-order valence-electron chi connectivity index (χ0n) is 9.96. The fourth-order valence-corrected chi connectivity index (χ4v) is 2.87. The number of hydrogen-bond acceptors (Lipinski definition) is 3. The van der Waals surface area contributed by atoms with Crippen LogP contribution < -0.4 is 10.1 Å². The first-order valence-electron chi connectivity index (χ1n) is 5.68. The molecule has 102 valence electrons. The number of benzene rings is 1. The van der Waals surface area contributed by atoms with Crippen LogP contribution in [0.4, 0.5) is 0 Å². The van der Waals surface area contributed by atoms with Crippen molar-refractivity contribution < 1.29 is 4.74 Å². The van der Waals surface area contributed by atoms with Crippen molar-refractivity contribution in [3.8, 4) is 5.75 Å². The molecule has 6 heteroatoms. The Balaban J connectivity index is 1.70. The van der Waals surface area contributed by atoms with Crippen LogP contribution in [0.1, 0.15) is 4.88 Å². The van der Waals surface area contributed by atoms with Gasteiger partial charge in [-0.2, -0.15) is 0 Å². The Morgan fingerprint density at radius 3 is 2.68 bits per heavy atom. The number of rotatable bonds is 6. The van der Waals surface area contributed by atoms with Crippen LogP contribution in [0.5, 0.6) is 5.75 Å². The van der Waals surface area contributed by atoms with Crippen LogP contribution in [0.2, 0.25) is 14.4 Å². The Kier molecular flexibility index (Phi) is 5.79. The van der Waals surface area contributed by atoms with E-state index in [9.17, 15) is 0 Å². The van der Waals surface area contributed by atoms with Gasteiger partial charge in [0.05, 0.1) is 9.36 Å². The van der Waals surface area contributed by atoms with Crippen molar-refractivity contribution in [2.75, 3.05) is 13.2 Å². The normalized spacial score (nSPS) is 10.7. The maximum Gasteiger partial charge on any atom is 0.139 e. The third kappa shape index (κ3) is 4.86. The molecule has 0 aliphatic carbocycles. The van der Waals surface area contributed by atoms with Crippen LogP contribution in [0, 0.1) is 0 Å². The summed E-state index contributed by atoms with van der Waals surface area (Å²) in [5.74, 6) is 0.607. The van der Waals surface area contributed by atoms with Crippen LogP contribution >= 0.6 is 46.1 Å². The largest absolute Gasteiger partial charge is 0.491 e. The summed E-state index contributed by atoms with van der Waals surface area (Å²) >= 11 is 19.3. The third-order valence-corrected chi connectivity index (χ3v) is 4.14. The summed E-state index contributed by atoms with van der Waals surface area (Å²) in [5, 5.41) is 4.45. The number of halogens is 3. The average Bonchev–Trinajstić information content (AvgIpc) is 2.79. The van der Waals surface area contributed by atoms with Gasteiger partial charge in [-0.25, -0.2) is 0 Å². The summed E-state index contributed by atoms with van der Waals surface area (Å²) in [7, 11) is 0. The average molecular weight is 337 g/mol. The minimum Gasteiger partial charge on any atom is -0.491 e. The van der Waals surface area contributed by atoms with E-state index in [0.717, 1.165) is 17.4 Å². The predicted molar refractivity (Wildman–Crippen MR) is 83.0 cm³/mol. The van der Waals surface area contributed by atoms with Crippen molar-refractivity contribution in [1.82, 2.24) is 5.32 Å². The molecular formula is C13H12Cl3NOS. The molecule has 1 aromatic carbocycles. The quantitative estimate of drug-likeness (QED) is 0.759. The fraction of sp³-hybridized carbons (Fsp3) is 0.231. The second kappa shape index (κ2) is 7.36. The van der Waals surface area contributed by atoms with E-state index in [1.54, 1.807) is 29.5 Å². The molecule has 0 fully saturated rings. The van der Waals surface area contributed by atoms with Crippen LogP contribution in [-0.2, 0) is 6.54 Å². The lowest BCUT2D eigenvalue weighted by atomic mass is 10.3. The van der Waals surface area contributed by atoms with Gasteiger partial charge in [-0.15, -0.1) is 11.3 Å². The first-order chi connectivity index (χ1) is 9.15. The summed E-state index contributed by atoms with van der Waals surface area (Å²) in [4.78, 5) is 1.20. The molecule has 0 aliphatic heterocycles. The topological polar surface area (TPSA) is 21.3 Å². The maximum atomic E-state index is 5.99. The van der Waals surface area contributed by atoms with Gasteiger partial charge in [0, 0.05) is 29.1 Å².